The molecule has 1 rings (SSSR count). The van der Waals surface area contributed by atoms with E-state index in [4.69, 9.17) is 23.6 Å². The lowest BCUT2D eigenvalue weighted by molar-refractivity contribution is 0.804. The molecule has 0 fully saturated rings. The van der Waals surface area contributed by atoms with Crippen molar-refractivity contribution >= 4 is 48.4 Å². The monoisotopic (exact) mass is 269 g/mol. The third kappa shape index (κ3) is 2.77. The Labute approximate surface area is 93.1 Å². The van der Waals surface area contributed by atoms with Crippen LogP contribution in [-0.2, 0) is 0 Å². The minimum atomic E-state index is -1.10. The summed E-state index contributed by atoms with van der Waals surface area (Å²) in [5.41, 5.74) is -3.13. The highest BCUT2D eigenvalue weighted by Crippen LogP contribution is 1.71. The molecule has 0 aliphatic rings. The van der Waals surface area contributed by atoms with E-state index in [1.54, 1.807) is 4.98 Å². The van der Waals surface area contributed by atoms with Crippen LogP contribution in [0.5, 0.6) is 0 Å². The first-order valence-electron chi connectivity index (χ1n) is 2.34. The number of halogens is 4. The molecule has 10 heteroatoms. The minimum absolute atomic E-state index is 0. The van der Waals surface area contributed by atoms with Crippen LogP contribution >= 0.6 is 48.4 Å². The largest absolute Gasteiger partial charge is 0.366 e. The molecule has 0 amide bonds. The Hall–Kier alpha value is -0.430. The van der Waals surface area contributed by atoms with Gasteiger partial charge >= 0.3 is 17.1 Å². The molecule has 1 N–H and O–H groups in total. The lowest BCUT2D eigenvalue weighted by Gasteiger charge is -1.91. The molecule has 1 heterocycles. The van der Waals surface area contributed by atoms with Gasteiger partial charge in [-0.25, -0.2) is 14.4 Å². The predicted octanol–water partition coefficient (Wildman–Crippen LogP) is -0.454. The predicted molar refractivity (Wildman–Crippen MR) is 52.6 cm³/mol. The van der Waals surface area contributed by atoms with Gasteiger partial charge in [-0.15, -0.1) is 33.0 Å². The first-order chi connectivity index (χ1) is 5.04. The standard InChI is InChI=1S/C3HCl2N3O3.2ClH/c4-7-1(9)6-2(10)8(5)3(7)11;;/h(H,6,9,10);2*1H. The van der Waals surface area contributed by atoms with Crippen LogP contribution in [0.25, 0.3) is 0 Å². The second kappa shape index (κ2) is 5.33. The van der Waals surface area contributed by atoms with Gasteiger partial charge in [0.15, 0.2) is 0 Å². The summed E-state index contributed by atoms with van der Waals surface area (Å²) < 4.78 is 0.322. The lowest BCUT2D eigenvalue weighted by Crippen LogP contribution is -2.43. The van der Waals surface area contributed by atoms with E-state index in [0.717, 1.165) is 0 Å². The zero-order valence-corrected chi connectivity index (χ0v) is 8.84. The third-order valence-corrected chi connectivity index (χ3v) is 1.50. The molecule has 0 aliphatic heterocycles. The maximum Gasteiger partial charge on any atom is 0.366 e. The van der Waals surface area contributed by atoms with Gasteiger partial charge in [0, 0.05) is 23.6 Å². The molecule has 0 aromatic carbocycles. The van der Waals surface area contributed by atoms with E-state index >= 15 is 0 Å². The van der Waals surface area contributed by atoms with Crippen LogP contribution in [-0.4, -0.2) is 13.2 Å². The summed E-state index contributed by atoms with van der Waals surface area (Å²) in [6.07, 6.45) is 0. The fraction of sp³-hybridized carbons (Fsp3) is 0. The Kier molecular flexibility index (Phi) is 6.18. The minimum Gasteiger partial charge on any atom is -0.257 e. The van der Waals surface area contributed by atoms with Crippen LogP contribution in [0.3, 0.4) is 0 Å². The van der Waals surface area contributed by atoms with Gasteiger partial charge in [0.05, 0.1) is 0 Å². The van der Waals surface area contributed by atoms with Crippen LogP contribution < -0.4 is 17.1 Å². The van der Waals surface area contributed by atoms with E-state index in [1.807, 2.05) is 0 Å². The van der Waals surface area contributed by atoms with E-state index in [-0.39, 0.29) is 33.0 Å². The van der Waals surface area contributed by atoms with Crippen molar-refractivity contribution in [3.8, 4) is 0 Å². The first kappa shape index (κ1) is 15.1. The normalized spacial score (nSPS) is 8.46. The number of hydrogen-bond acceptors (Lipinski definition) is 3. The molecule has 0 radical (unpaired) electrons. The number of aromatic nitrogens is 3. The maximum absolute atomic E-state index is 10.7. The molecule has 1 aromatic rings. The molecule has 76 valence electrons. The summed E-state index contributed by atoms with van der Waals surface area (Å²) in [6.45, 7) is 0. The van der Waals surface area contributed by atoms with Crippen molar-refractivity contribution in [1.29, 1.82) is 0 Å². The fourth-order valence-electron chi connectivity index (χ4n) is 0.440. The number of aromatic amines is 1. The molecule has 0 saturated heterocycles. The maximum atomic E-state index is 10.7. The zero-order chi connectivity index (χ0) is 8.59. The SMILES string of the molecule is Cl.Cl.O=c1[nH]c(=O)n(Cl)c(=O)n1Cl. The van der Waals surface area contributed by atoms with Crippen LogP contribution in [0, 0.1) is 0 Å². The highest BCUT2D eigenvalue weighted by Gasteiger charge is 2.04. The summed E-state index contributed by atoms with van der Waals surface area (Å²) in [7, 11) is 0. The van der Waals surface area contributed by atoms with E-state index < -0.39 is 17.1 Å². The molecular formula is C3H3Cl4N3O3. The van der Waals surface area contributed by atoms with Gasteiger partial charge in [0.25, 0.3) is 0 Å². The van der Waals surface area contributed by atoms with Crippen molar-refractivity contribution in [3.63, 3.8) is 0 Å². The lowest BCUT2D eigenvalue weighted by atomic mass is 11.0. The van der Waals surface area contributed by atoms with Gasteiger partial charge in [0.1, 0.15) is 0 Å². The molecule has 0 aliphatic carbocycles. The van der Waals surface area contributed by atoms with Crippen molar-refractivity contribution in [3.05, 3.63) is 31.5 Å². The van der Waals surface area contributed by atoms with Crippen molar-refractivity contribution < 1.29 is 0 Å². The van der Waals surface area contributed by atoms with E-state index in [0.29, 0.717) is 0 Å². The van der Waals surface area contributed by atoms with Crippen molar-refractivity contribution in [2.24, 2.45) is 0 Å². The fourth-order valence-corrected chi connectivity index (χ4v) is 0.715. The number of nitrogens with zero attached hydrogens (tertiary/aromatic N) is 2. The van der Waals surface area contributed by atoms with Gasteiger partial charge in [-0.1, -0.05) is 0 Å². The molecular weight excluding hydrogens is 268 g/mol. The Morgan fingerprint density at radius 1 is 0.923 bits per heavy atom. The van der Waals surface area contributed by atoms with Crippen LogP contribution in [0.4, 0.5) is 0 Å². The van der Waals surface area contributed by atoms with Gasteiger partial charge in [0.2, 0.25) is 0 Å². The highest BCUT2D eigenvalue weighted by atomic mass is 35.5. The van der Waals surface area contributed by atoms with Crippen LogP contribution in [0.15, 0.2) is 14.4 Å². The van der Waals surface area contributed by atoms with Crippen LogP contribution in [0.2, 0.25) is 0 Å². The van der Waals surface area contributed by atoms with Crippen molar-refractivity contribution in [2.75, 3.05) is 0 Å². The zero-order valence-electron chi connectivity index (χ0n) is 5.69. The van der Waals surface area contributed by atoms with Gasteiger partial charge in [-0.2, -0.15) is 0 Å². The molecule has 6 nitrogen and oxygen atoms in total. The average molecular weight is 271 g/mol. The smallest absolute Gasteiger partial charge is 0.257 e. The average Bonchev–Trinajstić information content (AvgIpc) is 1.97. The van der Waals surface area contributed by atoms with Gasteiger partial charge in [-0.05, 0) is 0 Å². The topological polar surface area (TPSA) is 76.9 Å². The van der Waals surface area contributed by atoms with Crippen LogP contribution in [0.1, 0.15) is 0 Å². The number of H-pyrrole nitrogens is 1. The number of rotatable bonds is 0. The Bertz CT molecular complexity index is 407. The first-order valence-corrected chi connectivity index (χ1v) is 3.02. The summed E-state index contributed by atoms with van der Waals surface area (Å²) in [4.78, 5) is 33.4. The Morgan fingerprint density at radius 3 is 1.54 bits per heavy atom. The van der Waals surface area contributed by atoms with Gasteiger partial charge < -0.3 is 0 Å². The van der Waals surface area contributed by atoms with E-state index in [1.165, 1.54) is 0 Å². The third-order valence-electron chi connectivity index (χ3n) is 0.906. The number of nitrogens with one attached hydrogen (secondary N) is 1. The van der Waals surface area contributed by atoms with Crippen molar-refractivity contribution in [1.82, 2.24) is 13.2 Å². The van der Waals surface area contributed by atoms with Gasteiger partial charge in [-0.3, -0.25) is 4.98 Å². The summed E-state index contributed by atoms with van der Waals surface area (Å²) in [5.74, 6) is 0. The molecule has 0 bridgehead atoms. The Balaban J connectivity index is 0. The Morgan fingerprint density at radius 2 is 1.23 bits per heavy atom. The van der Waals surface area contributed by atoms with E-state index in [2.05, 4.69) is 0 Å². The number of hydrogen-bond donors (Lipinski definition) is 1. The molecule has 0 unspecified atom stereocenters. The second-order valence-electron chi connectivity index (χ2n) is 1.58. The molecule has 1 aromatic heterocycles. The molecule has 13 heavy (non-hydrogen) atoms. The molecule has 0 spiro atoms. The summed E-state index contributed by atoms with van der Waals surface area (Å²) in [6, 6.07) is 0. The van der Waals surface area contributed by atoms with Crippen molar-refractivity contribution in [2.45, 2.75) is 0 Å². The van der Waals surface area contributed by atoms with E-state index in [9.17, 15) is 14.4 Å². The summed E-state index contributed by atoms with van der Waals surface area (Å²) in [5, 5.41) is 0. The highest BCUT2D eigenvalue weighted by molar-refractivity contribution is 6.17. The quantitative estimate of drug-likeness (QED) is 0.694. The molecule has 0 atom stereocenters. The second-order valence-corrected chi connectivity index (χ2v) is 2.26. The summed E-state index contributed by atoms with van der Waals surface area (Å²) >= 11 is 10.1. The molecule has 0 saturated carbocycles.